The summed E-state index contributed by atoms with van der Waals surface area (Å²) in [4.78, 5) is 22.3. The average molecular weight is 282 g/mol. The van der Waals surface area contributed by atoms with Gasteiger partial charge in [-0.1, -0.05) is 6.92 Å². The Morgan fingerprint density at radius 3 is 2.70 bits per heavy atom. The van der Waals surface area contributed by atoms with E-state index in [0.717, 1.165) is 19.6 Å². The number of aliphatic hydroxyl groups is 1. The maximum Gasteiger partial charge on any atom is 0.378 e. The Morgan fingerprint density at radius 2 is 2.10 bits per heavy atom. The van der Waals surface area contributed by atoms with Gasteiger partial charge in [-0.3, -0.25) is 4.79 Å². The number of carbonyl (C=O) groups is 2. The lowest BCUT2D eigenvalue weighted by Gasteiger charge is -2.10. The molecule has 0 aliphatic rings. The van der Waals surface area contributed by atoms with Crippen LogP contribution in [0.1, 0.15) is 18.9 Å². The second kappa shape index (κ2) is 7.28. The van der Waals surface area contributed by atoms with Crippen molar-refractivity contribution in [2.75, 3.05) is 13.7 Å². The fourth-order valence-corrected chi connectivity index (χ4v) is 1.40. The molecule has 0 aliphatic heterocycles. The Morgan fingerprint density at radius 1 is 1.40 bits per heavy atom. The Kier molecular flexibility index (Phi) is 5.71. The van der Waals surface area contributed by atoms with Crippen LogP contribution >= 0.6 is 0 Å². The summed E-state index contributed by atoms with van der Waals surface area (Å²) < 4.78 is 22.8. The fourth-order valence-electron chi connectivity index (χ4n) is 1.40. The van der Waals surface area contributed by atoms with Crippen LogP contribution in [0, 0.1) is 5.82 Å². The molecule has 1 aromatic rings. The van der Waals surface area contributed by atoms with Gasteiger partial charge < -0.3 is 14.6 Å². The number of aliphatic hydroxyl groups excluding tert-OH is 1. The van der Waals surface area contributed by atoms with Gasteiger partial charge in [0, 0.05) is 6.08 Å². The van der Waals surface area contributed by atoms with Gasteiger partial charge in [-0.15, -0.1) is 0 Å². The fraction of sp³-hybridized carbons (Fsp3) is 0.286. The molecule has 108 valence electrons. The van der Waals surface area contributed by atoms with Crippen molar-refractivity contribution in [3.8, 4) is 5.75 Å². The first-order chi connectivity index (χ1) is 9.49. The molecule has 20 heavy (non-hydrogen) atoms. The van der Waals surface area contributed by atoms with Crippen LogP contribution in [0.25, 0.3) is 5.76 Å². The highest BCUT2D eigenvalue weighted by atomic mass is 19.1. The monoisotopic (exact) mass is 282 g/mol. The first-order valence-electron chi connectivity index (χ1n) is 5.95. The summed E-state index contributed by atoms with van der Waals surface area (Å²) >= 11 is 0. The molecule has 0 radical (unpaired) electrons. The minimum Gasteiger partial charge on any atom is -0.507 e. The lowest BCUT2D eigenvalue weighted by atomic mass is 10.1. The van der Waals surface area contributed by atoms with E-state index in [1.54, 1.807) is 0 Å². The number of hydrogen-bond donors (Lipinski definition) is 1. The van der Waals surface area contributed by atoms with E-state index in [0.29, 0.717) is 12.7 Å². The predicted octanol–water partition coefficient (Wildman–Crippen LogP) is 2.26. The second-order valence-electron chi connectivity index (χ2n) is 3.87. The Labute approximate surface area is 115 Å². The third-order valence-electron chi connectivity index (χ3n) is 2.33. The van der Waals surface area contributed by atoms with E-state index in [1.807, 2.05) is 6.92 Å². The number of halogens is 1. The SMILES string of the molecule is CCCOc1ccc(F)cc1/C(O)=C/C(=O)C(=O)OC. The molecule has 0 aromatic heterocycles. The predicted molar refractivity (Wildman–Crippen MR) is 69.8 cm³/mol. The third-order valence-corrected chi connectivity index (χ3v) is 2.33. The maximum absolute atomic E-state index is 13.2. The highest BCUT2D eigenvalue weighted by molar-refractivity contribution is 6.39. The zero-order chi connectivity index (χ0) is 15.1. The lowest BCUT2D eigenvalue weighted by molar-refractivity contribution is -0.149. The van der Waals surface area contributed by atoms with Gasteiger partial charge in [0.1, 0.15) is 17.3 Å². The van der Waals surface area contributed by atoms with Crippen LogP contribution in [0.2, 0.25) is 0 Å². The topological polar surface area (TPSA) is 72.8 Å². The third kappa shape index (κ3) is 4.08. The molecule has 0 saturated heterocycles. The summed E-state index contributed by atoms with van der Waals surface area (Å²) in [6, 6.07) is 3.53. The van der Waals surface area contributed by atoms with E-state index in [-0.39, 0.29) is 11.3 Å². The molecule has 0 fully saturated rings. The molecule has 0 heterocycles. The number of carbonyl (C=O) groups excluding carboxylic acids is 2. The number of rotatable bonds is 6. The number of methoxy groups -OCH3 is 1. The smallest absolute Gasteiger partial charge is 0.378 e. The normalized spacial score (nSPS) is 11.1. The van der Waals surface area contributed by atoms with E-state index in [4.69, 9.17) is 4.74 Å². The van der Waals surface area contributed by atoms with Crippen molar-refractivity contribution in [2.45, 2.75) is 13.3 Å². The molecule has 0 spiro atoms. The van der Waals surface area contributed by atoms with Crippen LogP contribution in [-0.4, -0.2) is 30.6 Å². The zero-order valence-corrected chi connectivity index (χ0v) is 11.2. The number of esters is 1. The van der Waals surface area contributed by atoms with Crippen LogP contribution in [0.5, 0.6) is 5.75 Å². The molecule has 1 rings (SSSR count). The van der Waals surface area contributed by atoms with Crippen molar-refractivity contribution < 1.29 is 28.6 Å². The van der Waals surface area contributed by atoms with Gasteiger partial charge in [-0.2, -0.15) is 0 Å². The first kappa shape index (κ1) is 15.7. The zero-order valence-electron chi connectivity index (χ0n) is 11.2. The lowest BCUT2D eigenvalue weighted by Crippen LogP contribution is -2.13. The van der Waals surface area contributed by atoms with Gasteiger partial charge in [-0.25, -0.2) is 9.18 Å². The molecule has 0 amide bonds. The molecule has 6 heteroatoms. The van der Waals surface area contributed by atoms with Gasteiger partial charge in [-0.05, 0) is 24.6 Å². The summed E-state index contributed by atoms with van der Waals surface area (Å²) in [6.07, 6.45) is 1.39. The van der Waals surface area contributed by atoms with Crippen LogP contribution < -0.4 is 4.74 Å². The molecule has 0 aliphatic carbocycles. The molecule has 0 bridgehead atoms. The van der Waals surface area contributed by atoms with Crippen molar-refractivity contribution in [3.05, 3.63) is 35.7 Å². The second-order valence-corrected chi connectivity index (χ2v) is 3.87. The van der Waals surface area contributed by atoms with Crippen LogP contribution in [0.15, 0.2) is 24.3 Å². The van der Waals surface area contributed by atoms with E-state index < -0.39 is 23.3 Å². The van der Waals surface area contributed by atoms with Crippen molar-refractivity contribution in [1.29, 1.82) is 0 Å². The number of ether oxygens (including phenoxy) is 2. The highest BCUT2D eigenvalue weighted by Gasteiger charge is 2.16. The van der Waals surface area contributed by atoms with Gasteiger partial charge in [0.25, 0.3) is 5.78 Å². The van der Waals surface area contributed by atoms with Crippen LogP contribution in [0.4, 0.5) is 4.39 Å². The largest absolute Gasteiger partial charge is 0.507 e. The summed E-state index contributed by atoms with van der Waals surface area (Å²) in [7, 11) is 1.04. The van der Waals surface area contributed by atoms with Crippen molar-refractivity contribution in [2.24, 2.45) is 0 Å². The molecule has 1 aromatic carbocycles. The minimum absolute atomic E-state index is 0.00398. The number of ketones is 1. The number of hydrogen-bond acceptors (Lipinski definition) is 5. The van der Waals surface area contributed by atoms with E-state index >= 15 is 0 Å². The molecule has 0 saturated carbocycles. The Balaban J connectivity index is 3.09. The van der Waals surface area contributed by atoms with Crippen molar-refractivity contribution in [1.82, 2.24) is 0 Å². The summed E-state index contributed by atoms with van der Waals surface area (Å²) in [6.45, 7) is 2.26. The molecule has 0 unspecified atom stereocenters. The quantitative estimate of drug-likeness (QED) is 0.375. The summed E-state index contributed by atoms with van der Waals surface area (Å²) in [5.41, 5.74) is -0.00398. The molecule has 0 atom stereocenters. The molecule has 5 nitrogen and oxygen atoms in total. The van der Waals surface area contributed by atoms with Crippen LogP contribution in [-0.2, 0) is 14.3 Å². The van der Waals surface area contributed by atoms with Gasteiger partial charge in [0.2, 0.25) is 0 Å². The summed E-state index contributed by atoms with van der Waals surface area (Å²) in [5, 5.41) is 9.83. The van der Waals surface area contributed by atoms with Crippen LogP contribution in [0.3, 0.4) is 0 Å². The van der Waals surface area contributed by atoms with Gasteiger partial charge in [0.05, 0.1) is 19.3 Å². The standard InChI is InChI=1S/C14H15FO5/c1-3-6-20-13-5-4-9(15)7-10(13)11(16)8-12(17)14(18)19-2/h4-5,7-8,16H,3,6H2,1-2H3/b11-8-. The van der Waals surface area contributed by atoms with E-state index in [9.17, 15) is 19.1 Å². The minimum atomic E-state index is -1.12. The molecular weight excluding hydrogens is 267 g/mol. The van der Waals surface area contributed by atoms with E-state index in [2.05, 4.69) is 4.74 Å². The molecular formula is C14H15FO5. The summed E-state index contributed by atoms with van der Waals surface area (Å²) in [5.74, 6) is -3.11. The van der Waals surface area contributed by atoms with Crippen molar-refractivity contribution in [3.63, 3.8) is 0 Å². The average Bonchev–Trinajstić information content (AvgIpc) is 2.44. The maximum atomic E-state index is 13.2. The van der Waals surface area contributed by atoms with E-state index in [1.165, 1.54) is 12.1 Å². The van der Waals surface area contributed by atoms with Gasteiger partial charge in [0.15, 0.2) is 0 Å². The Bertz CT molecular complexity index is 536. The molecule has 1 N–H and O–H groups in total. The first-order valence-corrected chi connectivity index (χ1v) is 5.95. The Hall–Kier alpha value is -2.37. The highest BCUT2D eigenvalue weighted by Crippen LogP contribution is 2.26. The van der Waals surface area contributed by atoms with Crippen molar-refractivity contribution >= 4 is 17.5 Å². The number of benzene rings is 1. The van der Waals surface area contributed by atoms with Gasteiger partial charge >= 0.3 is 5.97 Å².